The van der Waals surface area contributed by atoms with Crippen LogP contribution in [0.2, 0.25) is 0 Å². The minimum absolute atomic E-state index is 0.0665. The van der Waals surface area contributed by atoms with Crippen molar-refractivity contribution in [2.24, 2.45) is 0 Å². The number of nitrogen functional groups attached to an aromatic ring is 1. The number of sulfonamides is 1. The van der Waals surface area contributed by atoms with Crippen molar-refractivity contribution in [3.63, 3.8) is 0 Å². The molecule has 1 aromatic carbocycles. The molecular weight excluding hydrogens is 355 g/mol. The van der Waals surface area contributed by atoms with Crippen molar-refractivity contribution in [3.05, 3.63) is 22.4 Å². The first-order chi connectivity index (χ1) is 9.31. The number of nitrogens with two attached hydrogens (primary N) is 1. The fourth-order valence-electron chi connectivity index (χ4n) is 1.57. The number of hydrogen-bond donors (Lipinski definition) is 3. The zero-order valence-electron chi connectivity index (χ0n) is 10.8. The molecular formula is C11H16BrFN2O4S. The number of benzene rings is 1. The van der Waals surface area contributed by atoms with E-state index >= 15 is 0 Å². The molecule has 20 heavy (non-hydrogen) atoms. The standard InChI is InChI=1S/C11H16BrFN2O4S/c1-19-6-7(2-3-16)15-20(17,18)11-5-10(14)9(13)4-8(11)12/h4-5,7,15-16H,2-3,6,14H2,1H3. The highest BCUT2D eigenvalue weighted by atomic mass is 79.9. The summed E-state index contributed by atoms with van der Waals surface area (Å²) in [5.41, 5.74) is 5.12. The van der Waals surface area contributed by atoms with Gasteiger partial charge in [0.15, 0.2) is 0 Å². The van der Waals surface area contributed by atoms with E-state index in [4.69, 9.17) is 15.6 Å². The summed E-state index contributed by atoms with van der Waals surface area (Å²) in [4.78, 5) is -0.171. The Morgan fingerprint density at radius 3 is 2.75 bits per heavy atom. The third-order valence-electron chi connectivity index (χ3n) is 2.51. The third kappa shape index (κ3) is 4.38. The van der Waals surface area contributed by atoms with E-state index in [2.05, 4.69) is 20.7 Å². The number of hydrogen-bond acceptors (Lipinski definition) is 5. The van der Waals surface area contributed by atoms with Gasteiger partial charge in [0.2, 0.25) is 10.0 Å². The van der Waals surface area contributed by atoms with Gasteiger partial charge in [0, 0.05) is 24.2 Å². The van der Waals surface area contributed by atoms with Gasteiger partial charge in [-0.3, -0.25) is 0 Å². The first-order valence-electron chi connectivity index (χ1n) is 5.68. The SMILES string of the molecule is COCC(CCO)NS(=O)(=O)c1cc(N)c(F)cc1Br. The Balaban J connectivity index is 3.07. The van der Waals surface area contributed by atoms with Gasteiger partial charge in [-0.1, -0.05) is 0 Å². The van der Waals surface area contributed by atoms with E-state index in [-0.39, 0.29) is 34.7 Å². The third-order valence-corrected chi connectivity index (χ3v) is 4.99. The molecule has 4 N–H and O–H groups in total. The first-order valence-corrected chi connectivity index (χ1v) is 7.96. The predicted octanol–water partition coefficient (Wildman–Crippen LogP) is 0.846. The van der Waals surface area contributed by atoms with Crippen LogP contribution in [0.5, 0.6) is 0 Å². The molecule has 0 saturated carbocycles. The Bertz CT molecular complexity index is 562. The van der Waals surface area contributed by atoms with Crippen molar-refractivity contribution >= 4 is 31.6 Å². The minimum atomic E-state index is -3.91. The van der Waals surface area contributed by atoms with Gasteiger partial charge in [-0.05, 0) is 34.5 Å². The molecule has 1 atom stereocenters. The van der Waals surface area contributed by atoms with E-state index in [9.17, 15) is 12.8 Å². The number of aliphatic hydroxyl groups is 1. The molecule has 0 fully saturated rings. The molecule has 0 heterocycles. The lowest BCUT2D eigenvalue weighted by molar-refractivity contribution is 0.158. The van der Waals surface area contributed by atoms with Crippen molar-refractivity contribution in [2.75, 3.05) is 26.1 Å². The lowest BCUT2D eigenvalue weighted by atomic mass is 10.2. The number of nitrogens with one attached hydrogen (secondary N) is 1. The van der Waals surface area contributed by atoms with Gasteiger partial charge in [0.25, 0.3) is 0 Å². The largest absolute Gasteiger partial charge is 0.396 e. The number of rotatable bonds is 7. The molecule has 0 saturated heterocycles. The zero-order chi connectivity index (χ0) is 15.3. The summed E-state index contributed by atoms with van der Waals surface area (Å²) in [6, 6.07) is 1.43. The average molecular weight is 371 g/mol. The summed E-state index contributed by atoms with van der Waals surface area (Å²) < 4.78 is 45.0. The molecule has 1 unspecified atom stereocenters. The van der Waals surface area contributed by atoms with Crippen LogP contribution in [-0.2, 0) is 14.8 Å². The van der Waals surface area contributed by atoms with Gasteiger partial charge in [-0.15, -0.1) is 0 Å². The summed E-state index contributed by atoms with van der Waals surface area (Å²) in [6.07, 6.45) is 0.196. The monoisotopic (exact) mass is 370 g/mol. The van der Waals surface area contributed by atoms with Crippen LogP contribution >= 0.6 is 15.9 Å². The van der Waals surface area contributed by atoms with Crippen LogP contribution in [0.15, 0.2) is 21.5 Å². The van der Waals surface area contributed by atoms with Crippen molar-refractivity contribution in [2.45, 2.75) is 17.4 Å². The maximum Gasteiger partial charge on any atom is 0.242 e. The molecule has 1 rings (SSSR count). The molecule has 9 heteroatoms. The van der Waals surface area contributed by atoms with Crippen LogP contribution in [0.1, 0.15) is 6.42 Å². The molecule has 0 aromatic heterocycles. The van der Waals surface area contributed by atoms with Gasteiger partial charge in [-0.2, -0.15) is 0 Å². The van der Waals surface area contributed by atoms with E-state index in [1.807, 2.05) is 0 Å². The Kier molecular flexibility index (Phi) is 6.34. The Hall–Kier alpha value is -0.740. The molecule has 0 aliphatic heterocycles. The molecule has 0 aliphatic rings. The molecule has 0 spiro atoms. The lowest BCUT2D eigenvalue weighted by Gasteiger charge is -2.17. The molecule has 1 aromatic rings. The van der Waals surface area contributed by atoms with Crippen LogP contribution in [0.4, 0.5) is 10.1 Å². The minimum Gasteiger partial charge on any atom is -0.396 e. The summed E-state index contributed by atoms with van der Waals surface area (Å²) >= 11 is 2.99. The van der Waals surface area contributed by atoms with E-state index in [0.717, 1.165) is 12.1 Å². The van der Waals surface area contributed by atoms with Gasteiger partial charge in [-0.25, -0.2) is 17.5 Å². The highest BCUT2D eigenvalue weighted by molar-refractivity contribution is 9.10. The molecule has 0 radical (unpaired) electrons. The Labute approximate surface area is 125 Å². The predicted molar refractivity (Wildman–Crippen MR) is 76.2 cm³/mol. The van der Waals surface area contributed by atoms with Crippen molar-refractivity contribution in [1.29, 1.82) is 0 Å². The van der Waals surface area contributed by atoms with Crippen LogP contribution in [0, 0.1) is 5.82 Å². The number of aliphatic hydroxyl groups excluding tert-OH is 1. The van der Waals surface area contributed by atoms with Crippen LogP contribution in [0.25, 0.3) is 0 Å². The molecule has 0 amide bonds. The first kappa shape index (κ1) is 17.3. The summed E-state index contributed by atoms with van der Waals surface area (Å²) in [5.74, 6) is -0.709. The number of methoxy groups -OCH3 is 1. The summed E-state index contributed by atoms with van der Waals surface area (Å²) in [5, 5.41) is 8.90. The fraction of sp³-hybridized carbons (Fsp3) is 0.455. The van der Waals surface area contributed by atoms with Gasteiger partial charge >= 0.3 is 0 Å². The van der Waals surface area contributed by atoms with Crippen molar-refractivity contribution < 1.29 is 22.7 Å². The van der Waals surface area contributed by atoms with Crippen LogP contribution in [-0.4, -0.2) is 39.9 Å². The van der Waals surface area contributed by atoms with Crippen LogP contribution < -0.4 is 10.5 Å². The topological polar surface area (TPSA) is 102 Å². The van der Waals surface area contributed by atoms with Crippen molar-refractivity contribution in [3.8, 4) is 0 Å². The van der Waals surface area contributed by atoms with E-state index in [1.165, 1.54) is 7.11 Å². The van der Waals surface area contributed by atoms with Gasteiger partial charge in [0.1, 0.15) is 5.82 Å². The normalized spacial score (nSPS) is 13.4. The average Bonchev–Trinajstić information content (AvgIpc) is 2.33. The number of ether oxygens (including phenoxy) is 1. The zero-order valence-corrected chi connectivity index (χ0v) is 13.2. The number of anilines is 1. The molecule has 0 aliphatic carbocycles. The smallest absolute Gasteiger partial charge is 0.242 e. The second-order valence-corrected chi connectivity index (χ2v) is 6.63. The summed E-state index contributed by atoms with van der Waals surface area (Å²) in [6.45, 7) is -0.0860. The fourth-order valence-corrected chi connectivity index (χ4v) is 3.87. The quantitative estimate of drug-likeness (QED) is 0.617. The molecule has 114 valence electrons. The number of halogens is 2. The Morgan fingerprint density at radius 2 is 2.20 bits per heavy atom. The molecule has 6 nitrogen and oxygen atoms in total. The van der Waals surface area contributed by atoms with Crippen LogP contribution in [0.3, 0.4) is 0 Å². The highest BCUT2D eigenvalue weighted by Crippen LogP contribution is 2.26. The highest BCUT2D eigenvalue weighted by Gasteiger charge is 2.23. The summed E-state index contributed by atoms with van der Waals surface area (Å²) in [7, 11) is -2.49. The van der Waals surface area contributed by atoms with Gasteiger partial charge in [0.05, 0.1) is 17.2 Å². The van der Waals surface area contributed by atoms with Crippen molar-refractivity contribution in [1.82, 2.24) is 4.72 Å². The van der Waals surface area contributed by atoms with E-state index < -0.39 is 21.9 Å². The Morgan fingerprint density at radius 1 is 1.55 bits per heavy atom. The second-order valence-electron chi connectivity index (χ2n) is 4.09. The van der Waals surface area contributed by atoms with E-state index in [0.29, 0.717) is 0 Å². The maximum atomic E-state index is 13.2. The second kappa shape index (κ2) is 7.32. The molecule has 0 bridgehead atoms. The van der Waals surface area contributed by atoms with E-state index in [1.54, 1.807) is 0 Å². The lowest BCUT2D eigenvalue weighted by Crippen LogP contribution is -2.38. The maximum absolute atomic E-state index is 13.2. The van der Waals surface area contributed by atoms with Gasteiger partial charge < -0.3 is 15.6 Å².